The molecule has 2 nitrogen and oxygen atoms in total. The van der Waals surface area contributed by atoms with Crippen molar-refractivity contribution in [3.63, 3.8) is 0 Å². The highest BCUT2D eigenvalue weighted by Gasteiger charge is 2.22. The maximum atomic E-state index is 13.4. The largest absolute Gasteiger partial charge is 0.384 e. The number of thiophene rings is 1. The highest BCUT2D eigenvalue weighted by Crippen LogP contribution is 2.22. The molecule has 1 aromatic heterocycles. The lowest BCUT2D eigenvalue weighted by atomic mass is 9.99. The molecule has 0 aliphatic heterocycles. The summed E-state index contributed by atoms with van der Waals surface area (Å²) in [6.07, 6.45) is 0. The Morgan fingerprint density at radius 1 is 1.32 bits per heavy atom. The van der Waals surface area contributed by atoms with Crippen LogP contribution in [-0.4, -0.2) is 11.7 Å². The Morgan fingerprint density at radius 2 is 2.11 bits per heavy atom. The minimum Gasteiger partial charge on any atom is -0.384 e. The molecule has 0 saturated carbocycles. The van der Waals surface area contributed by atoms with Crippen molar-refractivity contribution in [2.24, 2.45) is 0 Å². The Balaban J connectivity index is 1.93. The van der Waals surface area contributed by atoms with E-state index in [9.17, 15) is 13.9 Å². The van der Waals surface area contributed by atoms with E-state index in [4.69, 9.17) is 0 Å². The van der Waals surface area contributed by atoms with Crippen LogP contribution in [0, 0.1) is 11.6 Å². The SMILES string of the molecule is CC(O)(CNCc1ccc(F)cc1F)c1ccsc1. The molecule has 0 radical (unpaired) electrons. The fourth-order valence-corrected chi connectivity index (χ4v) is 2.56. The predicted molar refractivity (Wildman–Crippen MR) is 72.0 cm³/mol. The third-order valence-corrected chi connectivity index (χ3v) is 3.63. The molecule has 2 rings (SSSR count). The van der Waals surface area contributed by atoms with Crippen LogP contribution in [0.2, 0.25) is 0 Å². The van der Waals surface area contributed by atoms with Crippen LogP contribution in [0.25, 0.3) is 0 Å². The first-order valence-electron chi connectivity index (χ1n) is 5.89. The molecule has 0 bridgehead atoms. The van der Waals surface area contributed by atoms with Gasteiger partial charge >= 0.3 is 0 Å². The third kappa shape index (κ3) is 3.59. The molecule has 1 unspecified atom stereocenters. The molecule has 0 aliphatic rings. The average molecular weight is 283 g/mol. The average Bonchev–Trinajstić information content (AvgIpc) is 2.86. The summed E-state index contributed by atoms with van der Waals surface area (Å²) in [5.74, 6) is -1.17. The van der Waals surface area contributed by atoms with Crippen molar-refractivity contribution >= 4 is 11.3 Å². The normalized spacial score (nSPS) is 14.3. The molecule has 19 heavy (non-hydrogen) atoms. The van der Waals surface area contributed by atoms with Crippen LogP contribution in [-0.2, 0) is 12.1 Å². The lowest BCUT2D eigenvalue weighted by Crippen LogP contribution is -2.34. The molecule has 0 saturated heterocycles. The fraction of sp³-hybridized carbons (Fsp3) is 0.286. The second-order valence-corrected chi connectivity index (χ2v) is 5.41. The smallest absolute Gasteiger partial charge is 0.130 e. The van der Waals surface area contributed by atoms with E-state index in [0.29, 0.717) is 12.1 Å². The van der Waals surface area contributed by atoms with Crippen molar-refractivity contribution in [1.29, 1.82) is 0 Å². The molecule has 2 N–H and O–H groups in total. The molecule has 0 fully saturated rings. The van der Waals surface area contributed by atoms with Crippen LogP contribution in [0.1, 0.15) is 18.1 Å². The van der Waals surface area contributed by atoms with E-state index in [2.05, 4.69) is 5.32 Å². The Hall–Kier alpha value is -1.30. The van der Waals surface area contributed by atoms with E-state index in [1.54, 1.807) is 6.92 Å². The summed E-state index contributed by atoms with van der Waals surface area (Å²) in [5.41, 5.74) is 0.198. The van der Waals surface area contributed by atoms with Gasteiger partial charge in [-0.2, -0.15) is 11.3 Å². The van der Waals surface area contributed by atoms with Crippen LogP contribution >= 0.6 is 11.3 Å². The molecule has 1 heterocycles. The summed E-state index contributed by atoms with van der Waals surface area (Å²) in [7, 11) is 0. The van der Waals surface area contributed by atoms with Gasteiger partial charge in [-0.3, -0.25) is 0 Å². The molecule has 1 atom stereocenters. The molecular formula is C14H15F2NOS. The fourth-order valence-electron chi connectivity index (χ4n) is 1.78. The van der Waals surface area contributed by atoms with Crippen LogP contribution in [0.4, 0.5) is 8.78 Å². The number of aliphatic hydroxyl groups is 1. The van der Waals surface area contributed by atoms with E-state index in [-0.39, 0.29) is 6.54 Å². The Labute approximate surface area is 114 Å². The van der Waals surface area contributed by atoms with E-state index in [1.165, 1.54) is 23.5 Å². The Morgan fingerprint density at radius 3 is 2.74 bits per heavy atom. The van der Waals surface area contributed by atoms with Gasteiger partial charge < -0.3 is 10.4 Å². The number of benzene rings is 1. The molecule has 0 aliphatic carbocycles. The van der Waals surface area contributed by atoms with Gasteiger partial charge in [-0.05, 0) is 35.4 Å². The zero-order valence-corrected chi connectivity index (χ0v) is 11.3. The van der Waals surface area contributed by atoms with Gasteiger partial charge in [-0.25, -0.2) is 8.78 Å². The van der Waals surface area contributed by atoms with Crippen molar-refractivity contribution in [3.8, 4) is 0 Å². The van der Waals surface area contributed by atoms with Crippen molar-refractivity contribution < 1.29 is 13.9 Å². The summed E-state index contributed by atoms with van der Waals surface area (Å²) in [4.78, 5) is 0. The molecule has 5 heteroatoms. The van der Waals surface area contributed by atoms with E-state index in [0.717, 1.165) is 11.6 Å². The van der Waals surface area contributed by atoms with Crippen molar-refractivity contribution in [2.45, 2.75) is 19.1 Å². The minimum atomic E-state index is -1.00. The zero-order chi connectivity index (χ0) is 13.9. The molecule has 0 spiro atoms. The number of halogens is 2. The lowest BCUT2D eigenvalue weighted by Gasteiger charge is -2.23. The van der Waals surface area contributed by atoms with Gasteiger partial charge in [-0.15, -0.1) is 0 Å². The number of hydrogen-bond donors (Lipinski definition) is 2. The van der Waals surface area contributed by atoms with Gasteiger partial charge in [0, 0.05) is 24.7 Å². The maximum absolute atomic E-state index is 13.4. The second kappa shape index (κ2) is 5.77. The van der Waals surface area contributed by atoms with E-state index < -0.39 is 17.2 Å². The van der Waals surface area contributed by atoms with Gasteiger partial charge in [0.25, 0.3) is 0 Å². The van der Waals surface area contributed by atoms with Crippen molar-refractivity contribution in [2.75, 3.05) is 6.54 Å². The van der Waals surface area contributed by atoms with Gasteiger partial charge in [0.15, 0.2) is 0 Å². The number of rotatable bonds is 5. The van der Waals surface area contributed by atoms with Gasteiger partial charge in [0.1, 0.15) is 11.6 Å². The van der Waals surface area contributed by atoms with Crippen LogP contribution in [0.5, 0.6) is 0 Å². The van der Waals surface area contributed by atoms with Crippen LogP contribution in [0.15, 0.2) is 35.0 Å². The summed E-state index contributed by atoms with van der Waals surface area (Å²) >= 11 is 1.51. The highest BCUT2D eigenvalue weighted by atomic mass is 32.1. The maximum Gasteiger partial charge on any atom is 0.130 e. The summed E-state index contributed by atoms with van der Waals surface area (Å²) in [6, 6.07) is 5.33. The van der Waals surface area contributed by atoms with Crippen molar-refractivity contribution in [1.82, 2.24) is 5.32 Å². The summed E-state index contributed by atoms with van der Waals surface area (Å²) < 4.78 is 26.1. The highest BCUT2D eigenvalue weighted by molar-refractivity contribution is 7.08. The predicted octanol–water partition coefficient (Wildman–Crippen LogP) is 3.02. The molecule has 1 aromatic carbocycles. The summed E-state index contributed by atoms with van der Waals surface area (Å²) in [6.45, 7) is 2.23. The topological polar surface area (TPSA) is 32.3 Å². The molecular weight excluding hydrogens is 268 g/mol. The van der Waals surface area contributed by atoms with E-state index >= 15 is 0 Å². The number of hydrogen-bond acceptors (Lipinski definition) is 3. The third-order valence-electron chi connectivity index (χ3n) is 2.94. The quantitative estimate of drug-likeness (QED) is 0.884. The zero-order valence-electron chi connectivity index (χ0n) is 10.5. The van der Waals surface area contributed by atoms with E-state index in [1.807, 2.05) is 16.8 Å². The standard InChI is InChI=1S/C14H15F2NOS/c1-14(18,11-4-5-19-8-11)9-17-7-10-2-3-12(15)6-13(10)16/h2-6,8,17-18H,7,9H2,1H3. The van der Waals surface area contributed by atoms with Gasteiger partial charge in [0.05, 0.1) is 5.60 Å². The molecule has 2 aromatic rings. The second-order valence-electron chi connectivity index (χ2n) is 4.63. The first-order valence-corrected chi connectivity index (χ1v) is 6.83. The number of nitrogens with one attached hydrogen (secondary N) is 1. The van der Waals surface area contributed by atoms with Gasteiger partial charge in [-0.1, -0.05) is 6.07 Å². The Bertz CT molecular complexity index is 540. The van der Waals surface area contributed by atoms with Gasteiger partial charge in [0.2, 0.25) is 0 Å². The first kappa shape index (κ1) is 14.1. The van der Waals surface area contributed by atoms with Crippen LogP contribution in [0.3, 0.4) is 0 Å². The molecule has 102 valence electrons. The van der Waals surface area contributed by atoms with Crippen molar-refractivity contribution in [3.05, 3.63) is 57.8 Å². The lowest BCUT2D eigenvalue weighted by molar-refractivity contribution is 0.0570. The minimum absolute atomic E-state index is 0.242. The Kier molecular flexibility index (Phi) is 4.29. The summed E-state index contributed by atoms with van der Waals surface area (Å²) in [5, 5.41) is 17.0. The molecule has 0 amide bonds. The first-order chi connectivity index (χ1) is 8.99. The monoisotopic (exact) mass is 283 g/mol. The van der Waals surface area contributed by atoms with Crippen LogP contribution < -0.4 is 5.32 Å².